The molecule has 0 saturated carbocycles. The fourth-order valence-electron chi connectivity index (χ4n) is 2.34. The number of aromatic amines is 1. The number of fused-ring (bicyclic) bond motifs is 1. The van der Waals surface area contributed by atoms with E-state index in [9.17, 15) is 4.79 Å². The number of rotatable bonds is 3. The molecule has 0 saturated heterocycles. The van der Waals surface area contributed by atoms with E-state index in [0.717, 1.165) is 39.5 Å². The lowest BCUT2D eigenvalue weighted by atomic mass is 10.1. The van der Waals surface area contributed by atoms with E-state index in [1.807, 2.05) is 38.1 Å². The largest absolute Gasteiger partial charge is 0.343 e. The zero-order valence-corrected chi connectivity index (χ0v) is 12.7. The molecule has 112 valence electrons. The molecule has 0 radical (unpaired) electrons. The number of H-pyrrole nitrogens is 1. The molecule has 1 amide bonds. The van der Waals surface area contributed by atoms with E-state index in [2.05, 4.69) is 25.6 Å². The molecule has 0 unspecified atom stereocenters. The average Bonchev–Trinajstić information content (AvgIpc) is 2.83. The lowest BCUT2D eigenvalue weighted by Gasteiger charge is -2.11. The van der Waals surface area contributed by atoms with Crippen molar-refractivity contribution in [3.63, 3.8) is 0 Å². The van der Waals surface area contributed by atoms with Crippen molar-refractivity contribution in [2.45, 2.75) is 20.8 Å². The SMILES string of the molecule is CC(=O)Nc1ccc(C)c(Nc2ncnc3[nH]c(C)cc23)c1. The highest BCUT2D eigenvalue weighted by Gasteiger charge is 2.08. The number of nitrogens with zero attached hydrogens (tertiary/aromatic N) is 2. The standard InChI is InChI=1S/C16H17N5O/c1-9-4-5-12(20-11(3)22)7-14(9)21-16-13-6-10(2)19-15(13)17-8-18-16/h4-8H,1-3H3,(H,20,22)(H2,17,18,19,21). The topological polar surface area (TPSA) is 82.7 Å². The van der Waals surface area contributed by atoms with Crippen LogP contribution in [0.2, 0.25) is 0 Å². The van der Waals surface area contributed by atoms with Gasteiger partial charge < -0.3 is 15.6 Å². The molecule has 6 heteroatoms. The first-order chi connectivity index (χ1) is 10.5. The van der Waals surface area contributed by atoms with Crippen LogP contribution >= 0.6 is 0 Å². The van der Waals surface area contributed by atoms with Crippen LogP contribution in [0.25, 0.3) is 11.0 Å². The van der Waals surface area contributed by atoms with Gasteiger partial charge in [0.25, 0.3) is 0 Å². The van der Waals surface area contributed by atoms with Gasteiger partial charge in [-0.15, -0.1) is 0 Å². The first-order valence-electron chi connectivity index (χ1n) is 6.98. The molecule has 0 fully saturated rings. The van der Waals surface area contributed by atoms with Crippen LogP contribution in [-0.2, 0) is 4.79 Å². The first kappa shape index (κ1) is 14.1. The van der Waals surface area contributed by atoms with Gasteiger partial charge in [-0.05, 0) is 37.6 Å². The molecule has 3 rings (SSSR count). The summed E-state index contributed by atoms with van der Waals surface area (Å²) in [5.41, 5.74) is 4.53. The Morgan fingerprint density at radius 1 is 1.18 bits per heavy atom. The second kappa shape index (κ2) is 5.48. The van der Waals surface area contributed by atoms with Crippen molar-refractivity contribution in [1.82, 2.24) is 15.0 Å². The third-order valence-electron chi connectivity index (χ3n) is 3.37. The van der Waals surface area contributed by atoms with Gasteiger partial charge in [0.05, 0.1) is 5.39 Å². The molecule has 0 aliphatic rings. The fourth-order valence-corrected chi connectivity index (χ4v) is 2.34. The maximum atomic E-state index is 11.2. The molecular weight excluding hydrogens is 278 g/mol. The maximum absolute atomic E-state index is 11.2. The van der Waals surface area contributed by atoms with Crippen molar-refractivity contribution in [2.75, 3.05) is 10.6 Å². The molecule has 2 aromatic heterocycles. The fraction of sp³-hybridized carbons (Fsp3) is 0.188. The van der Waals surface area contributed by atoms with Gasteiger partial charge in [0.2, 0.25) is 5.91 Å². The number of amides is 1. The molecule has 22 heavy (non-hydrogen) atoms. The van der Waals surface area contributed by atoms with Crippen molar-refractivity contribution in [3.8, 4) is 0 Å². The Labute approximate surface area is 128 Å². The summed E-state index contributed by atoms with van der Waals surface area (Å²) in [4.78, 5) is 22.9. The Kier molecular flexibility index (Phi) is 3.50. The van der Waals surface area contributed by atoms with Crippen molar-refractivity contribution >= 4 is 34.1 Å². The third-order valence-corrected chi connectivity index (χ3v) is 3.37. The van der Waals surface area contributed by atoms with Crippen LogP contribution in [0.4, 0.5) is 17.2 Å². The predicted molar refractivity (Wildman–Crippen MR) is 87.4 cm³/mol. The van der Waals surface area contributed by atoms with Crippen LogP contribution in [0.5, 0.6) is 0 Å². The summed E-state index contributed by atoms with van der Waals surface area (Å²) in [7, 11) is 0. The highest BCUT2D eigenvalue weighted by Crippen LogP contribution is 2.27. The highest BCUT2D eigenvalue weighted by molar-refractivity contribution is 5.92. The molecule has 2 heterocycles. The van der Waals surface area contributed by atoms with Crippen LogP contribution in [-0.4, -0.2) is 20.9 Å². The second-order valence-electron chi connectivity index (χ2n) is 5.27. The van der Waals surface area contributed by atoms with Crippen LogP contribution in [0, 0.1) is 13.8 Å². The molecule has 0 atom stereocenters. The van der Waals surface area contributed by atoms with E-state index in [4.69, 9.17) is 0 Å². The summed E-state index contributed by atoms with van der Waals surface area (Å²) in [6.07, 6.45) is 1.52. The van der Waals surface area contributed by atoms with Crippen LogP contribution in [0.15, 0.2) is 30.6 Å². The third kappa shape index (κ3) is 2.76. The number of benzene rings is 1. The molecule has 3 N–H and O–H groups in total. The van der Waals surface area contributed by atoms with E-state index in [1.165, 1.54) is 13.3 Å². The van der Waals surface area contributed by atoms with E-state index in [-0.39, 0.29) is 5.91 Å². The van der Waals surface area contributed by atoms with Crippen molar-refractivity contribution in [2.24, 2.45) is 0 Å². The Hall–Kier alpha value is -2.89. The zero-order chi connectivity index (χ0) is 15.7. The monoisotopic (exact) mass is 295 g/mol. The molecule has 0 aliphatic heterocycles. The molecule has 0 aliphatic carbocycles. The number of carbonyl (C=O) groups excluding carboxylic acids is 1. The van der Waals surface area contributed by atoms with Crippen molar-refractivity contribution in [3.05, 3.63) is 41.9 Å². The van der Waals surface area contributed by atoms with Gasteiger partial charge in [-0.25, -0.2) is 9.97 Å². The lowest BCUT2D eigenvalue weighted by molar-refractivity contribution is -0.114. The number of nitrogens with one attached hydrogen (secondary N) is 3. The van der Waals surface area contributed by atoms with Gasteiger partial charge in [-0.2, -0.15) is 0 Å². The van der Waals surface area contributed by atoms with E-state index >= 15 is 0 Å². The predicted octanol–water partition coefficient (Wildman–Crippen LogP) is 3.28. The number of aromatic nitrogens is 3. The molecule has 0 bridgehead atoms. The molecular formula is C16H17N5O. The first-order valence-corrected chi connectivity index (χ1v) is 6.98. The normalized spacial score (nSPS) is 10.7. The molecule has 3 aromatic rings. The lowest BCUT2D eigenvalue weighted by Crippen LogP contribution is -2.06. The van der Waals surface area contributed by atoms with Crippen LogP contribution in [0.1, 0.15) is 18.2 Å². The van der Waals surface area contributed by atoms with E-state index in [0.29, 0.717) is 0 Å². The van der Waals surface area contributed by atoms with Crippen molar-refractivity contribution < 1.29 is 4.79 Å². The Balaban J connectivity index is 1.99. The van der Waals surface area contributed by atoms with Gasteiger partial charge in [0.15, 0.2) is 0 Å². The van der Waals surface area contributed by atoms with Gasteiger partial charge >= 0.3 is 0 Å². The van der Waals surface area contributed by atoms with Crippen LogP contribution in [0.3, 0.4) is 0 Å². The number of carbonyl (C=O) groups is 1. The summed E-state index contributed by atoms with van der Waals surface area (Å²) >= 11 is 0. The van der Waals surface area contributed by atoms with Gasteiger partial charge in [0, 0.05) is 24.0 Å². The molecule has 0 spiro atoms. The van der Waals surface area contributed by atoms with Gasteiger partial charge in [-0.1, -0.05) is 6.07 Å². The quantitative estimate of drug-likeness (QED) is 0.692. The number of aryl methyl sites for hydroxylation is 2. The average molecular weight is 295 g/mol. The number of anilines is 3. The number of hydrogen-bond acceptors (Lipinski definition) is 4. The van der Waals surface area contributed by atoms with Crippen LogP contribution < -0.4 is 10.6 Å². The minimum atomic E-state index is -0.0968. The minimum absolute atomic E-state index is 0.0968. The highest BCUT2D eigenvalue weighted by atomic mass is 16.1. The Bertz CT molecular complexity index is 853. The van der Waals surface area contributed by atoms with Gasteiger partial charge in [0.1, 0.15) is 17.8 Å². The summed E-state index contributed by atoms with van der Waals surface area (Å²) in [5, 5.41) is 7.04. The summed E-state index contributed by atoms with van der Waals surface area (Å²) in [5.74, 6) is 0.637. The van der Waals surface area contributed by atoms with E-state index in [1.54, 1.807) is 0 Å². The minimum Gasteiger partial charge on any atom is -0.343 e. The zero-order valence-electron chi connectivity index (χ0n) is 12.7. The summed E-state index contributed by atoms with van der Waals surface area (Å²) in [6, 6.07) is 7.72. The molecule has 6 nitrogen and oxygen atoms in total. The van der Waals surface area contributed by atoms with Crippen molar-refractivity contribution in [1.29, 1.82) is 0 Å². The smallest absolute Gasteiger partial charge is 0.221 e. The summed E-state index contributed by atoms with van der Waals surface area (Å²) < 4.78 is 0. The Morgan fingerprint density at radius 2 is 2.00 bits per heavy atom. The second-order valence-corrected chi connectivity index (χ2v) is 5.27. The summed E-state index contributed by atoms with van der Waals surface area (Å²) in [6.45, 7) is 5.47. The number of hydrogen-bond donors (Lipinski definition) is 3. The van der Waals surface area contributed by atoms with E-state index < -0.39 is 0 Å². The Morgan fingerprint density at radius 3 is 2.77 bits per heavy atom. The maximum Gasteiger partial charge on any atom is 0.221 e. The van der Waals surface area contributed by atoms with Gasteiger partial charge in [-0.3, -0.25) is 4.79 Å². The molecule has 1 aromatic carbocycles.